The first-order valence-electron chi connectivity index (χ1n) is 9.66. The molecule has 0 spiro atoms. The van der Waals surface area contributed by atoms with Crippen LogP contribution >= 0.6 is 0 Å². The highest BCUT2D eigenvalue weighted by Gasteiger charge is 2.31. The van der Waals surface area contributed by atoms with E-state index in [1.54, 1.807) is 43.4 Å². The van der Waals surface area contributed by atoms with Crippen LogP contribution in [0.3, 0.4) is 0 Å². The maximum Gasteiger partial charge on any atom is 0.224 e. The molecule has 0 bridgehead atoms. The number of ether oxygens (including phenoxy) is 2. The SMILES string of the molecule is COc1ccc(C2CCCN2C(=O)CCS(=O)(=O)c2ccc(C)cc2)cc1OC. The van der Waals surface area contributed by atoms with Gasteiger partial charge in [-0.15, -0.1) is 0 Å². The average Bonchev–Trinajstić information content (AvgIpc) is 3.22. The van der Waals surface area contributed by atoms with Gasteiger partial charge in [0.2, 0.25) is 5.91 Å². The molecule has 0 N–H and O–H groups in total. The Morgan fingerprint density at radius 1 is 1.07 bits per heavy atom. The van der Waals surface area contributed by atoms with Gasteiger partial charge in [-0.3, -0.25) is 4.79 Å². The molecule has 7 heteroatoms. The van der Waals surface area contributed by atoms with E-state index in [9.17, 15) is 13.2 Å². The molecule has 1 aliphatic rings. The average molecular weight is 418 g/mol. The van der Waals surface area contributed by atoms with Gasteiger partial charge in [0.25, 0.3) is 0 Å². The number of carbonyl (C=O) groups excluding carboxylic acids is 1. The Morgan fingerprint density at radius 3 is 2.41 bits per heavy atom. The second kappa shape index (κ2) is 8.86. The van der Waals surface area contributed by atoms with Crippen molar-refractivity contribution in [3.05, 3.63) is 53.6 Å². The first kappa shape index (κ1) is 21.2. The summed E-state index contributed by atoms with van der Waals surface area (Å²) in [5.41, 5.74) is 1.96. The Bertz CT molecular complexity index is 969. The molecule has 29 heavy (non-hydrogen) atoms. The van der Waals surface area contributed by atoms with Gasteiger partial charge in [0.1, 0.15) is 0 Å². The lowest BCUT2D eigenvalue weighted by Gasteiger charge is -2.26. The number of hydrogen-bond acceptors (Lipinski definition) is 5. The summed E-state index contributed by atoms with van der Waals surface area (Å²) in [5, 5.41) is 0. The van der Waals surface area contributed by atoms with Gasteiger partial charge in [0.15, 0.2) is 21.3 Å². The second-order valence-electron chi connectivity index (χ2n) is 7.24. The van der Waals surface area contributed by atoms with E-state index < -0.39 is 9.84 Å². The van der Waals surface area contributed by atoms with Gasteiger partial charge in [-0.05, 0) is 49.6 Å². The van der Waals surface area contributed by atoms with Crippen molar-refractivity contribution in [3.63, 3.8) is 0 Å². The third-order valence-electron chi connectivity index (χ3n) is 5.33. The van der Waals surface area contributed by atoms with Gasteiger partial charge in [-0.1, -0.05) is 23.8 Å². The monoisotopic (exact) mass is 417 g/mol. The first-order valence-corrected chi connectivity index (χ1v) is 11.3. The lowest BCUT2D eigenvalue weighted by Crippen LogP contribution is -2.31. The van der Waals surface area contributed by atoms with Crippen LogP contribution in [0.1, 0.15) is 36.4 Å². The van der Waals surface area contributed by atoms with Gasteiger partial charge in [0, 0.05) is 13.0 Å². The molecule has 1 unspecified atom stereocenters. The maximum atomic E-state index is 12.8. The Hall–Kier alpha value is -2.54. The minimum Gasteiger partial charge on any atom is -0.493 e. The third-order valence-corrected chi connectivity index (χ3v) is 7.06. The molecule has 6 nitrogen and oxygen atoms in total. The van der Waals surface area contributed by atoms with Crippen molar-refractivity contribution < 1.29 is 22.7 Å². The Kier molecular flexibility index (Phi) is 6.47. The molecular formula is C22H27NO5S. The third kappa shape index (κ3) is 4.72. The van der Waals surface area contributed by atoms with Gasteiger partial charge in [0.05, 0.1) is 30.9 Å². The molecule has 1 heterocycles. The zero-order chi connectivity index (χ0) is 21.0. The summed E-state index contributed by atoms with van der Waals surface area (Å²) >= 11 is 0. The van der Waals surface area contributed by atoms with Crippen LogP contribution in [0, 0.1) is 6.92 Å². The maximum absolute atomic E-state index is 12.8. The van der Waals surface area contributed by atoms with Crippen LogP contribution in [0.4, 0.5) is 0 Å². The Labute approximate surface area is 172 Å². The fraction of sp³-hybridized carbons (Fsp3) is 0.409. The van der Waals surface area contributed by atoms with Gasteiger partial charge in [-0.25, -0.2) is 8.42 Å². The smallest absolute Gasteiger partial charge is 0.224 e. The van der Waals surface area contributed by atoms with Crippen LogP contribution in [-0.2, 0) is 14.6 Å². The number of likely N-dealkylation sites (tertiary alicyclic amines) is 1. The van der Waals surface area contributed by atoms with E-state index in [4.69, 9.17) is 9.47 Å². The normalized spacial score (nSPS) is 16.7. The van der Waals surface area contributed by atoms with Crippen LogP contribution in [-0.4, -0.2) is 45.7 Å². The summed E-state index contributed by atoms with van der Waals surface area (Å²) in [4.78, 5) is 14.9. The summed E-state index contributed by atoms with van der Waals surface area (Å²) in [6.07, 6.45) is 1.70. The zero-order valence-electron chi connectivity index (χ0n) is 17.1. The predicted molar refractivity (Wildman–Crippen MR) is 111 cm³/mol. The largest absolute Gasteiger partial charge is 0.493 e. The van der Waals surface area contributed by atoms with Crippen molar-refractivity contribution in [2.45, 2.75) is 37.1 Å². The quantitative estimate of drug-likeness (QED) is 0.689. The number of amides is 1. The van der Waals surface area contributed by atoms with Crippen molar-refractivity contribution in [2.24, 2.45) is 0 Å². The number of carbonyl (C=O) groups is 1. The summed E-state index contributed by atoms with van der Waals surface area (Å²) in [6.45, 7) is 2.53. The van der Waals surface area contributed by atoms with Crippen LogP contribution in [0.25, 0.3) is 0 Å². The molecule has 2 aromatic rings. The van der Waals surface area contributed by atoms with Gasteiger partial charge in [-0.2, -0.15) is 0 Å². The van der Waals surface area contributed by atoms with E-state index in [-0.39, 0.29) is 29.0 Å². The molecule has 156 valence electrons. The minimum atomic E-state index is -3.49. The van der Waals surface area contributed by atoms with Crippen molar-refractivity contribution in [2.75, 3.05) is 26.5 Å². The van der Waals surface area contributed by atoms with Crippen molar-refractivity contribution in [1.82, 2.24) is 4.90 Å². The van der Waals surface area contributed by atoms with Crippen LogP contribution in [0.2, 0.25) is 0 Å². The van der Waals surface area contributed by atoms with E-state index in [0.717, 1.165) is 24.0 Å². The van der Waals surface area contributed by atoms with E-state index in [1.165, 1.54) is 0 Å². The minimum absolute atomic E-state index is 0.0278. The lowest BCUT2D eigenvalue weighted by atomic mass is 10.0. The molecule has 0 saturated carbocycles. The number of methoxy groups -OCH3 is 2. The van der Waals surface area contributed by atoms with E-state index >= 15 is 0 Å². The first-order chi connectivity index (χ1) is 13.9. The summed E-state index contributed by atoms with van der Waals surface area (Å²) in [5.74, 6) is 0.921. The molecule has 1 fully saturated rings. The van der Waals surface area contributed by atoms with Crippen molar-refractivity contribution >= 4 is 15.7 Å². The molecule has 1 saturated heterocycles. The van der Waals surface area contributed by atoms with Crippen LogP contribution in [0.5, 0.6) is 11.5 Å². The molecule has 0 aromatic heterocycles. The second-order valence-corrected chi connectivity index (χ2v) is 9.35. The fourth-order valence-electron chi connectivity index (χ4n) is 3.70. The fourth-order valence-corrected chi connectivity index (χ4v) is 4.93. The summed E-state index contributed by atoms with van der Waals surface area (Å²) in [7, 11) is -0.328. The number of aryl methyl sites for hydroxylation is 1. The van der Waals surface area contributed by atoms with Crippen LogP contribution in [0.15, 0.2) is 47.4 Å². The van der Waals surface area contributed by atoms with E-state index in [1.807, 2.05) is 25.1 Å². The highest BCUT2D eigenvalue weighted by Crippen LogP contribution is 2.37. The van der Waals surface area contributed by atoms with Gasteiger partial charge < -0.3 is 14.4 Å². The molecule has 2 aromatic carbocycles. The van der Waals surface area contributed by atoms with Crippen molar-refractivity contribution in [3.8, 4) is 11.5 Å². The van der Waals surface area contributed by atoms with Gasteiger partial charge >= 0.3 is 0 Å². The number of sulfone groups is 1. The van der Waals surface area contributed by atoms with E-state index in [2.05, 4.69) is 0 Å². The number of benzene rings is 2. The van der Waals surface area contributed by atoms with E-state index in [0.29, 0.717) is 18.0 Å². The molecule has 0 radical (unpaired) electrons. The molecule has 0 aliphatic carbocycles. The highest BCUT2D eigenvalue weighted by molar-refractivity contribution is 7.91. The molecule has 1 amide bonds. The highest BCUT2D eigenvalue weighted by atomic mass is 32.2. The summed E-state index contributed by atoms with van der Waals surface area (Å²) < 4.78 is 35.8. The van der Waals surface area contributed by atoms with Crippen LogP contribution < -0.4 is 9.47 Å². The molecule has 1 atom stereocenters. The predicted octanol–water partition coefficient (Wildman–Crippen LogP) is 3.54. The molecule has 3 rings (SSSR count). The zero-order valence-corrected chi connectivity index (χ0v) is 17.9. The van der Waals surface area contributed by atoms with Crippen molar-refractivity contribution in [1.29, 1.82) is 0 Å². The standard InChI is InChI=1S/C22H27NO5S/c1-16-6-9-18(10-7-16)29(25,26)14-12-22(24)23-13-4-5-19(23)17-8-11-20(27-2)21(15-17)28-3/h6-11,15,19H,4-5,12-14H2,1-3H3. The molecule has 1 aliphatic heterocycles. The number of hydrogen-bond donors (Lipinski definition) is 0. The Balaban J connectivity index is 1.71. The number of nitrogens with zero attached hydrogens (tertiary/aromatic N) is 1. The topological polar surface area (TPSA) is 72.9 Å². The Morgan fingerprint density at radius 2 is 1.76 bits per heavy atom. The number of rotatable bonds is 7. The summed E-state index contributed by atoms with van der Waals surface area (Å²) in [6, 6.07) is 12.3. The lowest BCUT2D eigenvalue weighted by molar-refractivity contribution is -0.131. The molecular weight excluding hydrogens is 390 g/mol.